The Morgan fingerprint density at radius 2 is 1.71 bits per heavy atom. The van der Waals surface area contributed by atoms with Gasteiger partial charge in [-0.15, -0.1) is 0 Å². The summed E-state index contributed by atoms with van der Waals surface area (Å²) in [4.78, 5) is 25.8. The summed E-state index contributed by atoms with van der Waals surface area (Å²) in [5.41, 5.74) is 0.593. The van der Waals surface area contributed by atoms with Gasteiger partial charge in [0.05, 0.1) is 0 Å². The number of nitrogens with one attached hydrogen (secondary N) is 1. The normalized spacial score (nSPS) is 10.7. The van der Waals surface area contributed by atoms with Crippen molar-refractivity contribution < 1.29 is 9.59 Å². The van der Waals surface area contributed by atoms with Crippen LogP contribution >= 0.6 is 11.6 Å². The lowest BCUT2D eigenvalue weighted by Gasteiger charge is -2.17. The minimum atomic E-state index is -0.0792. The predicted octanol–water partition coefficient (Wildman–Crippen LogP) is 2.76. The van der Waals surface area contributed by atoms with Gasteiger partial charge in [0.15, 0.2) is 5.78 Å². The number of rotatable bonds is 9. The van der Waals surface area contributed by atoms with Crippen molar-refractivity contribution in [1.82, 2.24) is 10.2 Å². The lowest BCUT2D eigenvalue weighted by molar-refractivity contribution is -0.121. The summed E-state index contributed by atoms with van der Waals surface area (Å²) in [7, 11) is 0. The molecule has 0 radical (unpaired) electrons. The van der Waals surface area contributed by atoms with E-state index in [1.165, 1.54) is 0 Å². The molecule has 0 saturated carbocycles. The molecule has 0 aromatic heterocycles. The average molecular weight is 311 g/mol. The first-order valence-corrected chi connectivity index (χ1v) is 7.72. The molecule has 4 nitrogen and oxygen atoms in total. The summed E-state index contributed by atoms with van der Waals surface area (Å²) in [6, 6.07) is 6.73. The standard InChI is InChI=1S/C16H23ClN2O2/c1-3-19(4-2)12-11-18-16(21)10-9-15(20)13-5-7-14(17)8-6-13/h5-8H,3-4,9-12H2,1-2H3,(H,18,21). The molecule has 0 aliphatic carbocycles. The molecule has 1 rings (SSSR count). The van der Waals surface area contributed by atoms with E-state index in [0.717, 1.165) is 19.6 Å². The molecule has 1 aromatic carbocycles. The lowest BCUT2D eigenvalue weighted by Crippen LogP contribution is -2.34. The molecule has 1 aromatic rings. The average Bonchev–Trinajstić information content (AvgIpc) is 2.50. The van der Waals surface area contributed by atoms with E-state index in [0.29, 0.717) is 17.1 Å². The minimum Gasteiger partial charge on any atom is -0.355 e. The van der Waals surface area contributed by atoms with E-state index in [-0.39, 0.29) is 24.5 Å². The van der Waals surface area contributed by atoms with Crippen LogP contribution < -0.4 is 5.32 Å². The number of amides is 1. The summed E-state index contributed by atoms with van der Waals surface area (Å²) in [6.45, 7) is 7.59. The maximum absolute atomic E-state index is 11.9. The maximum atomic E-state index is 11.9. The molecule has 0 bridgehead atoms. The zero-order valence-corrected chi connectivity index (χ0v) is 13.4. The number of halogens is 1. The minimum absolute atomic E-state index is 0.0365. The molecule has 0 aliphatic heterocycles. The number of hydrogen-bond donors (Lipinski definition) is 1. The Hall–Kier alpha value is -1.39. The van der Waals surface area contributed by atoms with Crippen LogP contribution in [0.4, 0.5) is 0 Å². The van der Waals surface area contributed by atoms with Crippen molar-refractivity contribution in [3.05, 3.63) is 34.9 Å². The third kappa shape index (κ3) is 6.74. The summed E-state index contributed by atoms with van der Waals surface area (Å²) < 4.78 is 0. The van der Waals surface area contributed by atoms with E-state index in [9.17, 15) is 9.59 Å². The molecule has 0 heterocycles. The predicted molar refractivity (Wildman–Crippen MR) is 85.8 cm³/mol. The van der Waals surface area contributed by atoms with Crippen LogP contribution in [0.15, 0.2) is 24.3 Å². The number of hydrogen-bond acceptors (Lipinski definition) is 3. The van der Waals surface area contributed by atoms with Gasteiger partial charge in [0, 0.05) is 36.5 Å². The number of likely N-dealkylation sites (N-methyl/N-ethyl adjacent to an activating group) is 1. The number of benzene rings is 1. The Labute approximate surface area is 131 Å². The molecule has 1 N–H and O–H groups in total. The first kappa shape index (κ1) is 17.7. The maximum Gasteiger partial charge on any atom is 0.220 e. The fourth-order valence-electron chi connectivity index (χ4n) is 1.99. The molecule has 0 fully saturated rings. The highest BCUT2D eigenvalue weighted by molar-refractivity contribution is 6.30. The summed E-state index contributed by atoms with van der Waals surface area (Å²) in [6.07, 6.45) is 0.443. The van der Waals surface area contributed by atoms with Gasteiger partial charge in [-0.1, -0.05) is 25.4 Å². The molecule has 0 atom stereocenters. The smallest absolute Gasteiger partial charge is 0.220 e. The second kappa shape index (κ2) is 9.53. The monoisotopic (exact) mass is 310 g/mol. The van der Waals surface area contributed by atoms with Crippen molar-refractivity contribution in [2.24, 2.45) is 0 Å². The molecular weight excluding hydrogens is 288 g/mol. The number of carbonyl (C=O) groups is 2. The first-order chi connectivity index (χ1) is 10.1. The van der Waals surface area contributed by atoms with Gasteiger partial charge >= 0.3 is 0 Å². The zero-order chi connectivity index (χ0) is 15.7. The van der Waals surface area contributed by atoms with Gasteiger partial charge in [0.25, 0.3) is 0 Å². The molecule has 5 heteroatoms. The van der Waals surface area contributed by atoms with E-state index in [2.05, 4.69) is 24.1 Å². The molecule has 116 valence electrons. The third-order valence-corrected chi connectivity index (χ3v) is 3.64. The first-order valence-electron chi connectivity index (χ1n) is 7.34. The Bertz CT molecular complexity index is 456. The van der Waals surface area contributed by atoms with Crippen LogP contribution in [0.2, 0.25) is 5.02 Å². The molecule has 21 heavy (non-hydrogen) atoms. The van der Waals surface area contributed by atoms with Crippen molar-refractivity contribution in [2.45, 2.75) is 26.7 Å². The van der Waals surface area contributed by atoms with Gasteiger partial charge in [0.1, 0.15) is 0 Å². The highest BCUT2D eigenvalue weighted by Crippen LogP contribution is 2.11. The van der Waals surface area contributed by atoms with Crippen LogP contribution in [-0.4, -0.2) is 42.8 Å². The van der Waals surface area contributed by atoms with E-state index in [4.69, 9.17) is 11.6 Å². The van der Waals surface area contributed by atoms with Crippen molar-refractivity contribution >= 4 is 23.3 Å². The Morgan fingerprint density at radius 3 is 2.29 bits per heavy atom. The summed E-state index contributed by atoms with van der Waals surface area (Å²) in [5.74, 6) is -0.116. The molecule has 0 aliphatic rings. The van der Waals surface area contributed by atoms with Crippen LogP contribution in [0.1, 0.15) is 37.0 Å². The molecule has 0 spiro atoms. The van der Waals surface area contributed by atoms with Crippen molar-refractivity contribution in [1.29, 1.82) is 0 Å². The lowest BCUT2D eigenvalue weighted by atomic mass is 10.1. The van der Waals surface area contributed by atoms with Gasteiger partial charge in [-0.3, -0.25) is 9.59 Å². The van der Waals surface area contributed by atoms with Gasteiger partial charge in [-0.05, 0) is 37.4 Å². The van der Waals surface area contributed by atoms with E-state index >= 15 is 0 Å². The summed E-state index contributed by atoms with van der Waals surface area (Å²) >= 11 is 5.77. The van der Waals surface area contributed by atoms with Crippen molar-refractivity contribution in [2.75, 3.05) is 26.2 Å². The largest absolute Gasteiger partial charge is 0.355 e. The van der Waals surface area contributed by atoms with Crippen LogP contribution in [0.3, 0.4) is 0 Å². The highest BCUT2D eigenvalue weighted by Gasteiger charge is 2.09. The molecule has 0 unspecified atom stereocenters. The fourth-order valence-corrected chi connectivity index (χ4v) is 2.11. The number of nitrogens with zero attached hydrogens (tertiary/aromatic N) is 1. The van der Waals surface area contributed by atoms with Crippen LogP contribution in [0.5, 0.6) is 0 Å². The number of carbonyl (C=O) groups excluding carboxylic acids is 2. The molecular formula is C16H23ClN2O2. The number of Topliss-reactive ketones (excluding diaryl/α,β-unsaturated/α-hetero) is 1. The van der Waals surface area contributed by atoms with Crippen LogP contribution in [-0.2, 0) is 4.79 Å². The highest BCUT2D eigenvalue weighted by atomic mass is 35.5. The van der Waals surface area contributed by atoms with Crippen molar-refractivity contribution in [3.8, 4) is 0 Å². The van der Waals surface area contributed by atoms with Crippen LogP contribution in [0, 0.1) is 0 Å². The SMILES string of the molecule is CCN(CC)CCNC(=O)CCC(=O)c1ccc(Cl)cc1. The Balaban J connectivity index is 2.26. The number of ketones is 1. The molecule has 1 amide bonds. The second-order valence-electron chi connectivity index (χ2n) is 4.81. The Kier molecular flexibility index (Phi) is 8.01. The topological polar surface area (TPSA) is 49.4 Å². The Morgan fingerprint density at radius 1 is 1.10 bits per heavy atom. The van der Waals surface area contributed by atoms with E-state index < -0.39 is 0 Å². The zero-order valence-electron chi connectivity index (χ0n) is 12.7. The molecule has 0 saturated heterocycles. The fraction of sp³-hybridized carbons (Fsp3) is 0.500. The van der Waals surface area contributed by atoms with Gasteiger partial charge in [0.2, 0.25) is 5.91 Å². The van der Waals surface area contributed by atoms with Gasteiger partial charge < -0.3 is 10.2 Å². The van der Waals surface area contributed by atoms with E-state index in [1.807, 2.05) is 0 Å². The third-order valence-electron chi connectivity index (χ3n) is 3.39. The van der Waals surface area contributed by atoms with Crippen molar-refractivity contribution in [3.63, 3.8) is 0 Å². The van der Waals surface area contributed by atoms with E-state index in [1.54, 1.807) is 24.3 Å². The quantitative estimate of drug-likeness (QED) is 0.714. The summed E-state index contributed by atoms with van der Waals surface area (Å²) in [5, 5.41) is 3.44. The van der Waals surface area contributed by atoms with Gasteiger partial charge in [-0.25, -0.2) is 0 Å². The second-order valence-corrected chi connectivity index (χ2v) is 5.24. The van der Waals surface area contributed by atoms with Gasteiger partial charge in [-0.2, -0.15) is 0 Å². The van der Waals surface area contributed by atoms with Crippen LogP contribution in [0.25, 0.3) is 0 Å².